The Morgan fingerprint density at radius 3 is 1.22 bits per heavy atom. The summed E-state index contributed by atoms with van der Waals surface area (Å²) in [5, 5.41) is 20.6. The smallest absolute Gasteiger partial charge is 0.247 e. The van der Waals surface area contributed by atoms with E-state index in [-0.39, 0.29) is 0 Å². The van der Waals surface area contributed by atoms with Crippen molar-refractivity contribution >= 4 is 185 Å². The van der Waals surface area contributed by atoms with Crippen molar-refractivity contribution < 1.29 is 13.3 Å². The van der Waals surface area contributed by atoms with Gasteiger partial charge in [0.25, 0.3) is 0 Å². The third-order valence-corrected chi connectivity index (χ3v) is 20.2. The molecule has 94 heavy (non-hydrogen) atoms. The van der Waals surface area contributed by atoms with Gasteiger partial charge in [-0.05, 0) is 122 Å². The molecule has 436 valence electrons. The number of furan rings is 3. The van der Waals surface area contributed by atoms with Gasteiger partial charge in [0.05, 0.1) is 22.1 Å². The first-order chi connectivity index (χ1) is 46.6. The molecule has 0 aliphatic rings. The van der Waals surface area contributed by atoms with E-state index in [1.165, 1.54) is 69.3 Å². The highest BCUT2D eigenvalue weighted by molar-refractivity contribution is 7.25. The van der Waals surface area contributed by atoms with E-state index in [4.69, 9.17) is 33.2 Å². The van der Waals surface area contributed by atoms with E-state index < -0.39 is 0 Å². The molecule has 0 N–H and O–H groups in total. The van der Waals surface area contributed by atoms with Gasteiger partial charge in [0, 0.05) is 69.7 Å². The zero-order valence-corrected chi connectivity index (χ0v) is 50.7. The van der Waals surface area contributed by atoms with Crippen LogP contribution < -0.4 is 0 Å². The van der Waals surface area contributed by atoms with Crippen LogP contribution >= 0.6 is 11.3 Å². The van der Waals surface area contributed by atoms with Crippen LogP contribution in [0, 0.1) is 0 Å². The SMILES string of the molecule is c1ccc2cc3c(cc2c1)c1c2ccccc2ccc1n3-c1nc2c(nc1-c1cccc3oc4ccccc4c13)oc1ccccc12.c1ccc2cc3c(cc2c1)c1c2ccccc2ccc1n3-c1nc2c(nc1-c1cccc3oc4ccccc4c13)sc1ccccc12. The Balaban J connectivity index is 0.000000126. The summed E-state index contributed by atoms with van der Waals surface area (Å²) in [6.07, 6.45) is 0. The van der Waals surface area contributed by atoms with Crippen LogP contribution in [0.5, 0.6) is 0 Å². The predicted octanol–water partition coefficient (Wildman–Crippen LogP) is 23.2. The summed E-state index contributed by atoms with van der Waals surface area (Å²) in [6.45, 7) is 0. The maximum absolute atomic E-state index is 6.37. The van der Waals surface area contributed by atoms with Gasteiger partial charge in [-0.2, -0.15) is 0 Å². The van der Waals surface area contributed by atoms with E-state index in [1.807, 2.05) is 66.7 Å². The zero-order valence-electron chi connectivity index (χ0n) is 49.9. The lowest BCUT2D eigenvalue weighted by Crippen LogP contribution is -2.03. The van der Waals surface area contributed by atoms with Gasteiger partial charge in [-0.15, -0.1) is 11.3 Å². The Morgan fingerprint density at radius 2 is 0.681 bits per heavy atom. The third-order valence-electron chi connectivity index (χ3n) is 19.2. The van der Waals surface area contributed by atoms with Crippen molar-refractivity contribution in [1.82, 2.24) is 29.1 Å². The highest BCUT2D eigenvalue weighted by Gasteiger charge is 2.28. The molecule has 14 aromatic carbocycles. The highest BCUT2D eigenvalue weighted by atomic mass is 32.1. The largest absolute Gasteiger partial charge is 0.456 e. The maximum Gasteiger partial charge on any atom is 0.247 e. The molecular weight excluding hydrogens is 1170 g/mol. The first kappa shape index (κ1) is 51.3. The van der Waals surface area contributed by atoms with Crippen molar-refractivity contribution in [3.05, 3.63) is 279 Å². The van der Waals surface area contributed by atoms with Crippen molar-refractivity contribution in [3.8, 4) is 34.2 Å². The normalized spacial score (nSPS) is 12.3. The Bertz CT molecular complexity index is 6600. The van der Waals surface area contributed by atoms with E-state index in [0.717, 1.165) is 132 Å². The van der Waals surface area contributed by atoms with Crippen molar-refractivity contribution in [1.29, 1.82) is 0 Å². The number of thiophene rings is 1. The van der Waals surface area contributed by atoms with Crippen LogP contribution in [-0.2, 0) is 0 Å². The van der Waals surface area contributed by atoms with Crippen LogP contribution in [0.4, 0.5) is 0 Å². The van der Waals surface area contributed by atoms with E-state index >= 15 is 0 Å². The van der Waals surface area contributed by atoms with Gasteiger partial charge in [0.1, 0.15) is 55.2 Å². The van der Waals surface area contributed by atoms with E-state index in [9.17, 15) is 0 Å². The highest BCUT2D eigenvalue weighted by Crippen LogP contribution is 2.47. The average molecular weight is 1220 g/mol. The number of fused-ring (bicyclic) bond motifs is 24. The number of para-hydroxylation sites is 3. The van der Waals surface area contributed by atoms with Crippen LogP contribution in [0.1, 0.15) is 0 Å². The summed E-state index contributed by atoms with van der Waals surface area (Å²) in [5.41, 5.74) is 14.1. The number of hydrogen-bond donors (Lipinski definition) is 0. The second-order valence-electron chi connectivity index (χ2n) is 24.3. The van der Waals surface area contributed by atoms with Crippen LogP contribution in [0.2, 0.25) is 0 Å². The molecule has 8 aromatic heterocycles. The Hall–Kier alpha value is -12.5. The quantitative estimate of drug-likeness (QED) is 0.173. The summed E-state index contributed by atoms with van der Waals surface area (Å²) in [7, 11) is 0. The molecule has 0 saturated carbocycles. The molecule has 0 radical (unpaired) electrons. The predicted molar refractivity (Wildman–Crippen MR) is 388 cm³/mol. The number of rotatable bonds is 4. The van der Waals surface area contributed by atoms with Gasteiger partial charge >= 0.3 is 0 Å². The minimum atomic E-state index is 0.506. The second kappa shape index (κ2) is 19.5. The molecule has 10 heteroatoms. The topological polar surface area (TPSA) is 101 Å². The maximum atomic E-state index is 6.37. The summed E-state index contributed by atoms with van der Waals surface area (Å²) in [4.78, 5) is 22.8. The van der Waals surface area contributed by atoms with Gasteiger partial charge in [0.15, 0.2) is 11.6 Å². The van der Waals surface area contributed by atoms with Crippen LogP contribution in [-0.4, -0.2) is 29.1 Å². The van der Waals surface area contributed by atoms with E-state index in [1.54, 1.807) is 11.3 Å². The molecule has 22 rings (SSSR count). The van der Waals surface area contributed by atoms with Crippen molar-refractivity contribution in [2.24, 2.45) is 0 Å². The molecule has 0 bridgehead atoms. The van der Waals surface area contributed by atoms with Crippen molar-refractivity contribution in [3.63, 3.8) is 0 Å². The van der Waals surface area contributed by atoms with Gasteiger partial charge in [-0.3, -0.25) is 9.13 Å². The second-order valence-corrected chi connectivity index (χ2v) is 25.3. The molecule has 9 nitrogen and oxygen atoms in total. The molecular formula is C84H46N6O3S. The van der Waals surface area contributed by atoms with E-state index in [0.29, 0.717) is 5.71 Å². The minimum Gasteiger partial charge on any atom is -0.456 e. The van der Waals surface area contributed by atoms with Gasteiger partial charge in [-0.25, -0.2) is 19.9 Å². The fraction of sp³-hybridized carbons (Fsp3) is 0. The fourth-order valence-corrected chi connectivity index (χ4v) is 16.1. The molecule has 0 fully saturated rings. The molecule has 0 atom stereocenters. The monoisotopic (exact) mass is 1220 g/mol. The first-order valence-corrected chi connectivity index (χ1v) is 32.3. The average Bonchev–Trinajstić information content (AvgIpc) is 1.56. The summed E-state index contributed by atoms with van der Waals surface area (Å²) >= 11 is 1.69. The third kappa shape index (κ3) is 7.39. The standard InChI is InChI=1S/C42H23N3O2.C42H23N3OS/c1-2-12-26-23-33-31(22-25(26)11-1)37-27-13-4-3-10-24(27)20-21-32(37)45(33)41-39(44-42-40(43-41)29-15-6-8-18-35(29)47-42)30-16-9-19-36-38(30)28-14-5-7-17-34(28)46-36;1-2-12-26-23-33-31(22-25(26)11-1)37-27-13-4-3-10-24(27)20-21-32(37)45(33)41-39(44-42-40(43-41)29-15-6-8-19-36(29)47-42)30-16-9-18-35-38(30)28-14-5-7-17-34(28)46-35/h2*1-23H. The Morgan fingerprint density at radius 1 is 0.266 bits per heavy atom. The van der Waals surface area contributed by atoms with Crippen LogP contribution in [0.15, 0.2) is 292 Å². The van der Waals surface area contributed by atoms with Crippen molar-refractivity contribution in [2.45, 2.75) is 0 Å². The van der Waals surface area contributed by atoms with E-state index in [2.05, 4.69) is 221 Å². The molecule has 0 aliphatic carbocycles. The first-order valence-electron chi connectivity index (χ1n) is 31.5. The van der Waals surface area contributed by atoms with Gasteiger partial charge in [0.2, 0.25) is 5.71 Å². The summed E-state index contributed by atoms with van der Waals surface area (Å²) in [6, 6.07) is 98.0. The number of hydrogen-bond acceptors (Lipinski definition) is 8. The molecule has 0 saturated heterocycles. The summed E-state index contributed by atoms with van der Waals surface area (Å²) in [5.74, 6) is 1.55. The molecule has 0 spiro atoms. The minimum absolute atomic E-state index is 0.506. The Labute approximate surface area is 536 Å². The molecule has 22 aromatic rings. The van der Waals surface area contributed by atoms with Crippen LogP contribution in [0.3, 0.4) is 0 Å². The fourth-order valence-electron chi connectivity index (χ4n) is 15.0. The lowest BCUT2D eigenvalue weighted by Gasteiger charge is -2.14. The molecule has 0 amide bonds. The summed E-state index contributed by atoms with van der Waals surface area (Å²) < 4.78 is 24.9. The van der Waals surface area contributed by atoms with Gasteiger partial charge in [-0.1, -0.05) is 200 Å². The molecule has 0 aliphatic heterocycles. The Kier molecular flexibility index (Phi) is 10.6. The zero-order chi connectivity index (χ0) is 61.3. The number of nitrogens with zero attached hydrogens (tertiary/aromatic N) is 6. The lowest BCUT2D eigenvalue weighted by molar-refractivity contribution is 0.653. The number of aromatic nitrogens is 6. The van der Waals surface area contributed by atoms with Gasteiger partial charge < -0.3 is 13.3 Å². The molecule has 0 unspecified atom stereocenters. The molecule has 8 heterocycles. The lowest BCUT2D eigenvalue weighted by atomic mass is 10.0. The number of benzene rings is 14. The van der Waals surface area contributed by atoms with Crippen LogP contribution in [0.25, 0.3) is 207 Å². The van der Waals surface area contributed by atoms with Crippen molar-refractivity contribution in [2.75, 3.05) is 0 Å².